The van der Waals surface area contributed by atoms with Gasteiger partial charge >= 0.3 is 0 Å². The van der Waals surface area contributed by atoms with E-state index in [1.807, 2.05) is 32.0 Å². The van der Waals surface area contributed by atoms with Gasteiger partial charge in [-0.3, -0.25) is 0 Å². The van der Waals surface area contributed by atoms with E-state index in [0.29, 0.717) is 12.7 Å². The Morgan fingerprint density at radius 1 is 1.11 bits per heavy atom. The molecular weight excluding hydrogens is 240 g/mol. The lowest BCUT2D eigenvalue weighted by Crippen LogP contribution is -2.55. The normalized spacial score (nSPS) is 25.2. The SMILES string of the molecule is CC1(C)OCC2(CO1)CC(OCc1ccccc1)C2. The zero-order valence-corrected chi connectivity index (χ0v) is 11.7. The standard InChI is InChI=1S/C16H22O3/c1-15(2)18-11-16(12-19-15)8-14(9-16)17-10-13-6-4-3-5-7-13/h3-7,14H,8-12H2,1-2H3. The van der Waals surface area contributed by atoms with Gasteiger partial charge in [0.15, 0.2) is 5.79 Å². The van der Waals surface area contributed by atoms with Gasteiger partial charge in [0.25, 0.3) is 0 Å². The molecule has 1 spiro atoms. The second-order valence-corrected chi connectivity index (χ2v) is 6.30. The van der Waals surface area contributed by atoms with E-state index in [0.717, 1.165) is 26.1 Å². The Kier molecular flexibility index (Phi) is 3.37. The molecule has 0 bridgehead atoms. The highest BCUT2D eigenvalue weighted by Crippen LogP contribution is 2.47. The lowest BCUT2D eigenvalue weighted by molar-refractivity contribution is -0.310. The third-order valence-corrected chi connectivity index (χ3v) is 4.10. The minimum Gasteiger partial charge on any atom is -0.373 e. The van der Waals surface area contributed by atoms with Gasteiger partial charge in [-0.15, -0.1) is 0 Å². The molecule has 104 valence electrons. The summed E-state index contributed by atoms with van der Waals surface area (Å²) in [6, 6.07) is 10.3. The molecule has 0 N–H and O–H groups in total. The summed E-state index contributed by atoms with van der Waals surface area (Å²) < 4.78 is 17.4. The Labute approximate surface area is 114 Å². The van der Waals surface area contributed by atoms with Crippen molar-refractivity contribution in [3.05, 3.63) is 35.9 Å². The number of benzene rings is 1. The summed E-state index contributed by atoms with van der Waals surface area (Å²) in [6.45, 7) is 6.25. The van der Waals surface area contributed by atoms with Crippen molar-refractivity contribution in [3.63, 3.8) is 0 Å². The fraction of sp³-hybridized carbons (Fsp3) is 0.625. The van der Waals surface area contributed by atoms with Crippen LogP contribution in [0.2, 0.25) is 0 Å². The van der Waals surface area contributed by atoms with Gasteiger partial charge < -0.3 is 14.2 Å². The highest BCUT2D eigenvalue weighted by Gasteiger charge is 2.49. The van der Waals surface area contributed by atoms with Crippen LogP contribution in [0.3, 0.4) is 0 Å². The molecule has 3 heteroatoms. The van der Waals surface area contributed by atoms with E-state index in [1.165, 1.54) is 5.56 Å². The first kappa shape index (κ1) is 13.1. The van der Waals surface area contributed by atoms with Gasteiger partial charge in [0, 0.05) is 5.41 Å². The summed E-state index contributed by atoms with van der Waals surface area (Å²) in [6.07, 6.45) is 2.46. The second kappa shape index (κ2) is 4.89. The van der Waals surface area contributed by atoms with Crippen LogP contribution in [0, 0.1) is 5.41 Å². The molecule has 0 radical (unpaired) electrons. The molecule has 0 aromatic heterocycles. The van der Waals surface area contributed by atoms with E-state index >= 15 is 0 Å². The maximum Gasteiger partial charge on any atom is 0.162 e. The van der Waals surface area contributed by atoms with Crippen LogP contribution >= 0.6 is 0 Å². The predicted octanol–water partition coefficient (Wildman–Crippen LogP) is 3.13. The molecule has 1 heterocycles. The zero-order chi connectivity index (χ0) is 13.3. The van der Waals surface area contributed by atoms with Crippen molar-refractivity contribution in [1.82, 2.24) is 0 Å². The molecule has 1 aliphatic carbocycles. The fourth-order valence-electron chi connectivity index (χ4n) is 2.79. The largest absolute Gasteiger partial charge is 0.373 e. The molecule has 3 nitrogen and oxygen atoms in total. The van der Waals surface area contributed by atoms with E-state index in [-0.39, 0.29) is 5.41 Å². The average molecular weight is 262 g/mol. The molecule has 1 saturated carbocycles. The Balaban J connectivity index is 1.43. The molecular formula is C16H22O3. The average Bonchev–Trinajstić information content (AvgIpc) is 2.37. The minimum absolute atomic E-state index is 0.205. The van der Waals surface area contributed by atoms with E-state index in [2.05, 4.69) is 12.1 Å². The highest BCUT2D eigenvalue weighted by atomic mass is 16.7. The van der Waals surface area contributed by atoms with Gasteiger partial charge in [-0.25, -0.2) is 0 Å². The summed E-state index contributed by atoms with van der Waals surface area (Å²) in [5.41, 5.74) is 1.44. The first-order valence-corrected chi connectivity index (χ1v) is 7.00. The molecule has 0 unspecified atom stereocenters. The lowest BCUT2D eigenvalue weighted by Gasteiger charge is -2.52. The summed E-state index contributed by atoms with van der Waals surface area (Å²) >= 11 is 0. The molecule has 1 saturated heterocycles. The van der Waals surface area contributed by atoms with Crippen LogP contribution in [0.25, 0.3) is 0 Å². The smallest absolute Gasteiger partial charge is 0.162 e. The lowest BCUT2D eigenvalue weighted by atomic mass is 9.67. The van der Waals surface area contributed by atoms with Crippen molar-refractivity contribution in [3.8, 4) is 0 Å². The first-order valence-electron chi connectivity index (χ1n) is 7.00. The van der Waals surface area contributed by atoms with Crippen LogP contribution in [-0.4, -0.2) is 25.1 Å². The van der Waals surface area contributed by atoms with Gasteiger partial charge in [-0.2, -0.15) is 0 Å². The monoisotopic (exact) mass is 262 g/mol. The molecule has 1 aromatic rings. The minimum atomic E-state index is -0.415. The Morgan fingerprint density at radius 3 is 2.37 bits per heavy atom. The van der Waals surface area contributed by atoms with Crippen molar-refractivity contribution >= 4 is 0 Å². The molecule has 0 amide bonds. The van der Waals surface area contributed by atoms with Crippen molar-refractivity contribution in [2.45, 2.75) is 45.2 Å². The van der Waals surface area contributed by atoms with Gasteiger partial charge in [0.05, 0.1) is 25.9 Å². The Bertz CT molecular complexity index is 409. The summed E-state index contributed by atoms with van der Waals surface area (Å²) in [5, 5.41) is 0. The van der Waals surface area contributed by atoms with Crippen molar-refractivity contribution < 1.29 is 14.2 Å². The van der Waals surface area contributed by atoms with Gasteiger partial charge in [-0.05, 0) is 32.3 Å². The quantitative estimate of drug-likeness (QED) is 0.837. The topological polar surface area (TPSA) is 27.7 Å². The van der Waals surface area contributed by atoms with Gasteiger partial charge in [0.1, 0.15) is 0 Å². The number of rotatable bonds is 3. The number of hydrogen-bond donors (Lipinski definition) is 0. The van der Waals surface area contributed by atoms with Crippen molar-refractivity contribution in [2.24, 2.45) is 5.41 Å². The van der Waals surface area contributed by atoms with Crippen LogP contribution in [0.4, 0.5) is 0 Å². The van der Waals surface area contributed by atoms with Crippen LogP contribution in [0.15, 0.2) is 30.3 Å². The maximum atomic E-state index is 5.93. The van der Waals surface area contributed by atoms with E-state index in [9.17, 15) is 0 Å². The van der Waals surface area contributed by atoms with Crippen LogP contribution in [-0.2, 0) is 20.8 Å². The van der Waals surface area contributed by atoms with E-state index in [1.54, 1.807) is 0 Å². The van der Waals surface area contributed by atoms with Crippen LogP contribution in [0.1, 0.15) is 32.3 Å². The molecule has 1 aliphatic heterocycles. The third kappa shape index (κ3) is 2.99. The third-order valence-electron chi connectivity index (χ3n) is 4.10. The van der Waals surface area contributed by atoms with E-state index in [4.69, 9.17) is 14.2 Å². The highest BCUT2D eigenvalue weighted by molar-refractivity contribution is 5.13. The maximum absolute atomic E-state index is 5.93. The van der Waals surface area contributed by atoms with Crippen molar-refractivity contribution in [2.75, 3.05) is 13.2 Å². The molecule has 2 aliphatic rings. The molecule has 19 heavy (non-hydrogen) atoms. The van der Waals surface area contributed by atoms with Crippen LogP contribution < -0.4 is 0 Å². The summed E-state index contributed by atoms with van der Waals surface area (Å²) in [4.78, 5) is 0. The van der Waals surface area contributed by atoms with Gasteiger partial charge in [-0.1, -0.05) is 30.3 Å². The molecule has 0 atom stereocenters. The van der Waals surface area contributed by atoms with E-state index < -0.39 is 5.79 Å². The van der Waals surface area contributed by atoms with Crippen LogP contribution in [0.5, 0.6) is 0 Å². The second-order valence-electron chi connectivity index (χ2n) is 6.30. The Hall–Kier alpha value is -0.900. The Morgan fingerprint density at radius 2 is 1.74 bits per heavy atom. The molecule has 3 rings (SSSR count). The van der Waals surface area contributed by atoms with Gasteiger partial charge in [0.2, 0.25) is 0 Å². The summed E-state index contributed by atoms with van der Waals surface area (Å²) in [5.74, 6) is -0.415. The number of ether oxygens (including phenoxy) is 3. The fourth-order valence-corrected chi connectivity index (χ4v) is 2.79. The van der Waals surface area contributed by atoms with Crippen molar-refractivity contribution in [1.29, 1.82) is 0 Å². The summed E-state index contributed by atoms with van der Waals surface area (Å²) in [7, 11) is 0. The first-order chi connectivity index (χ1) is 9.07. The predicted molar refractivity (Wildman–Crippen MR) is 72.7 cm³/mol. The molecule has 2 fully saturated rings. The zero-order valence-electron chi connectivity index (χ0n) is 11.7. The molecule has 1 aromatic carbocycles. The number of hydrogen-bond acceptors (Lipinski definition) is 3.